The van der Waals surface area contributed by atoms with E-state index in [-0.39, 0.29) is 11.4 Å². The van der Waals surface area contributed by atoms with Gasteiger partial charge in [-0.05, 0) is 26.0 Å². The molecular formula is C12H16N2O4. The van der Waals surface area contributed by atoms with Crippen molar-refractivity contribution >= 4 is 11.4 Å². The molecule has 98 valence electrons. The summed E-state index contributed by atoms with van der Waals surface area (Å²) in [5.74, 6) is 0.270. The molecule has 0 spiro atoms. The number of nitro groups is 1. The standard InChI is InChI=1S/C12H16N2O4/c1-3-18-10-6-4-5-9(11(10)14(16)17)13-7-12(2,15)8-13/h4-6,15H,3,7-8H2,1-2H3. The molecule has 0 bridgehead atoms. The lowest BCUT2D eigenvalue weighted by atomic mass is 9.96. The molecule has 0 amide bonds. The highest BCUT2D eigenvalue weighted by atomic mass is 16.6. The molecule has 1 aromatic carbocycles. The van der Waals surface area contributed by atoms with Crippen molar-refractivity contribution in [3.8, 4) is 5.75 Å². The predicted molar refractivity (Wildman–Crippen MR) is 67.1 cm³/mol. The third-order valence-electron chi connectivity index (χ3n) is 2.86. The molecule has 1 fully saturated rings. The molecule has 0 unspecified atom stereocenters. The molecule has 1 aliphatic rings. The van der Waals surface area contributed by atoms with E-state index < -0.39 is 10.5 Å². The van der Waals surface area contributed by atoms with Crippen LogP contribution in [0.4, 0.5) is 11.4 Å². The smallest absolute Gasteiger partial charge is 0.333 e. The zero-order chi connectivity index (χ0) is 13.3. The van der Waals surface area contributed by atoms with Gasteiger partial charge in [0, 0.05) is 13.1 Å². The summed E-state index contributed by atoms with van der Waals surface area (Å²) >= 11 is 0. The Bertz CT molecular complexity index is 465. The van der Waals surface area contributed by atoms with E-state index >= 15 is 0 Å². The summed E-state index contributed by atoms with van der Waals surface area (Å²) < 4.78 is 5.28. The van der Waals surface area contributed by atoms with E-state index in [1.165, 1.54) is 0 Å². The van der Waals surface area contributed by atoms with Gasteiger partial charge in [-0.1, -0.05) is 6.07 Å². The van der Waals surface area contributed by atoms with Crippen LogP contribution in [0.2, 0.25) is 0 Å². The van der Waals surface area contributed by atoms with E-state index in [4.69, 9.17) is 4.74 Å². The fourth-order valence-corrected chi connectivity index (χ4v) is 2.17. The molecular weight excluding hydrogens is 236 g/mol. The van der Waals surface area contributed by atoms with Crippen molar-refractivity contribution in [2.75, 3.05) is 24.6 Å². The molecule has 0 aliphatic carbocycles. The van der Waals surface area contributed by atoms with E-state index in [1.807, 2.05) is 0 Å². The quantitative estimate of drug-likeness (QED) is 0.650. The largest absolute Gasteiger partial charge is 0.487 e. The lowest BCUT2D eigenvalue weighted by Crippen LogP contribution is -2.60. The Morgan fingerprint density at radius 1 is 1.56 bits per heavy atom. The molecule has 2 rings (SSSR count). The van der Waals surface area contributed by atoms with Gasteiger partial charge in [0.1, 0.15) is 5.69 Å². The van der Waals surface area contributed by atoms with Crippen LogP contribution >= 0.6 is 0 Å². The highest BCUT2D eigenvalue weighted by molar-refractivity contribution is 5.71. The van der Waals surface area contributed by atoms with Gasteiger partial charge in [0.2, 0.25) is 0 Å². The van der Waals surface area contributed by atoms with Crippen LogP contribution in [-0.2, 0) is 0 Å². The number of ether oxygens (including phenoxy) is 1. The highest BCUT2D eigenvalue weighted by Gasteiger charge is 2.40. The first-order valence-electron chi connectivity index (χ1n) is 5.82. The van der Waals surface area contributed by atoms with Gasteiger partial charge < -0.3 is 14.7 Å². The monoisotopic (exact) mass is 252 g/mol. The summed E-state index contributed by atoms with van der Waals surface area (Å²) in [7, 11) is 0. The highest BCUT2D eigenvalue weighted by Crippen LogP contribution is 2.40. The van der Waals surface area contributed by atoms with Crippen molar-refractivity contribution in [3.05, 3.63) is 28.3 Å². The fourth-order valence-electron chi connectivity index (χ4n) is 2.17. The Hall–Kier alpha value is -1.82. The van der Waals surface area contributed by atoms with Crippen molar-refractivity contribution in [2.24, 2.45) is 0 Å². The van der Waals surface area contributed by atoms with Crippen LogP contribution in [-0.4, -0.2) is 35.3 Å². The third-order valence-corrected chi connectivity index (χ3v) is 2.86. The minimum atomic E-state index is -0.768. The molecule has 6 heteroatoms. The molecule has 6 nitrogen and oxygen atoms in total. The normalized spacial score (nSPS) is 17.2. The van der Waals surface area contributed by atoms with Crippen LogP contribution in [0.1, 0.15) is 13.8 Å². The zero-order valence-electron chi connectivity index (χ0n) is 10.4. The zero-order valence-corrected chi connectivity index (χ0v) is 10.4. The number of benzene rings is 1. The molecule has 1 N–H and O–H groups in total. The lowest BCUT2D eigenvalue weighted by molar-refractivity contribution is -0.385. The van der Waals surface area contributed by atoms with Crippen LogP contribution < -0.4 is 9.64 Å². The SMILES string of the molecule is CCOc1cccc(N2CC(C)(O)C2)c1[N+](=O)[O-]. The van der Waals surface area contributed by atoms with E-state index in [0.29, 0.717) is 25.4 Å². The number of nitro benzene ring substituents is 1. The number of hydrogen-bond acceptors (Lipinski definition) is 5. The van der Waals surface area contributed by atoms with Gasteiger partial charge >= 0.3 is 5.69 Å². The van der Waals surface area contributed by atoms with Crippen molar-refractivity contribution < 1.29 is 14.8 Å². The maximum atomic E-state index is 11.2. The van der Waals surface area contributed by atoms with Gasteiger partial charge in [0.05, 0.1) is 17.1 Å². The first-order chi connectivity index (χ1) is 8.44. The van der Waals surface area contributed by atoms with E-state index in [9.17, 15) is 15.2 Å². The second-order valence-corrected chi connectivity index (χ2v) is 4.67. The summed E-state index contributed by atoms with van der Waals surface area (Å²) in [5.41, 5.74) is -0.303. The molecule has 0 atom stereocenters. The Labute approximate surface area is 105 Å². The molecule has 0 aromatic heterocycles. The number of anilines is 1. The number of rotatable bonds is 4. The number of β-amino-alcohol motifs (C(OH)–C–C–N with tert-alkyl or cyclic N) is 1. The number of para-hydroxylation sites is 1. The van der Waals surface area contributed by atoms with Crippen molar-refractivity contribution in [2.45, 2.75) is 19.4 Å². The second-order valence-electron chi connectivity index (χ2n) is 4.67. The van der Waals surface area contributed by atoms with E-state index in [1.54, 1.807) is 36.9 Å². The lowest BCUT2D eigenvalue weighted by Gasteiger charge is -2.45. The first kappa shape index (κ1) is 12.6. The molecule has 1 heterocycles. The van der Waals surface area contributed by atoms with Crippen LogP contribution in [0, 0.1) is 10.1 Å². The van der Waals surface area contributed by atoms with E-state index in [2.05, 4.69) is 0 Å². The first-order valence-corrected chi connectivity index (χ1v) is 5.82. The molecule has 0 radical (unpaired) electrons. The summed E-state index contributed by atoms with van der Waals surface area (Å²) in [5, 5.41) is 20.9. The van der Waals surface area contributed by atoms with Crippen LogP contribution in [0.25, 0.3) is 0 Å². The van der Waals surface area contributed by atoms with Crippen molar-refractivity contribution in [3.63, 3.8) is 0 Å². The van der Waals surface area contributed by atoms with E-state index in [0.717, 1.165) is 0 Å². The number of hydrogen-bond donors (Lipinski definition) is 1. The molecule has 1 aromatic rings. The van der Waals surface area contributed by atoms with Crippen LogP contribution in [0.15, 0.2) is 18.2 Å². The third kappa shape index (κ3) is 2.24. The number of nitrogens with zero attached hydrogens (tertiary/aromatic N) is 2. The average Bonchev–Trinajstić information content (AvgIpc) is 2.25. The molecule has 1 aliphatic heterocycles. The Morgan fingerprint density at radius 2 is 2.22 bits per heavy atom. The van der Waals surface area contributed by atoms with Crippen molar-refractivity contribution in [1.82, 2.24) is 0 Å². The van der Waals surface area contributed by atoms with Gasteiger partial charge in [-0.2, -0.15) is 0 Å². The maximum Gasteiger partial charge on any atom is 0.333 e. The van der Waals surface area contributed by atoms with Crippen molar-refractivity contribution in [1.29, 1.82) is 0 Å². The van der Waals surface area contributed by atoms with Gasteiger partial charge in [-0.25, -0.2) is 0 Å². The summed E-state index contributed by atoms with van der Waals surface area (Å²) in [6, 6.07) is 4.99. The minimum Gasteiger partial charge on any atom is -0.487 e. The van der Waals surface area contributed by atoms with Gasteiger partial charge in [0.15, 0.2) is 5.75 Å². The number of aliphatic hydroxyl groups is 1. The Balaban J connectivity index is 2.35. The Morgan fingerprint density at radius 3 is 2.72 bits per heavy atom. The second kappa shape index (κ2) is 4.45. The van der Waals surface area contributed by atoms with Gasteiger partial charge in [0.25, 0.3) is 0 Å². The van der Waals surface area contributed by atoms with Crippen LogP contribution in [0.3, 0.4) is 0 Å². The molecule has 18 heavy (non-hydrogen) atoms. The summed E-state index contributed by atoms with van der Waals surface area (Å²) in [6.45, 7) is 4.65. The van der Waals surface area contributed by atoms with Crippen LogP contribution in [0.5, 0.6) is 5.75 Å². The molecule has 1 saturated heterocycles. The predicted octanol–water partition coefficient (Wildman–Crippen LogP) is 1.56. The Kier molecular flexibility index (Phi) is 3.13. The minimum absolute atomic E-state index is 0.0325. The fraction of sp³-hybridized carbons (Fsp3) is 0.500. The topological polar surface area (TPSA) is 75.8 Å². The molecule has 0 saturated carbocycles. The summed E-state index contributed by atoms with van der Waals surface area (Å²) in [4.78, 5) is 12.5. The maximum absolute atomic E-state index is 11.2. The van der Waals surface area contributed by atoms with Gasteiger partial charge in [-0.15, -0.1) is 0 Å². The average molecular weight is 252 g/mol. The summed E-state index contributed by atoms with van der Waals surface area (Å²) in [6.07, 6.45) is 0. The van der Waals surface area contributed by atoms with Gasteiger partial charge in [-0.3, -0.25) is 10.1 Å².